The average Bonchev–Trinajstić information content (AvgIpc) is 3.30. The molecule has 0 radical (unpaired) electrons. The second-order valence-electron chi connectivity index (χ2n) is 7.04. The molecule has 1 aliphatic carbocycles. The SMILES string of the molecule is CN=C(NCc1ccnc(OC2CCCC2)c1)N(C)CC1CCOC1.I. The highest BCUT2D eigenvalue weighted by atomic mass is 127. The Kier molecular flexibility index (Phi) is 8.90. The highest BCUT2D eigenvalue weighted by Crippen LogP contribution is 2.23. The Bertz CT molecular complexity index is 572. The van der Waals surface area contributed by atoms with Gasteiger partial charge in [-0.2, -0.15) is 0 Å². The molecule has 1 aliphatic heterocycles. The van der Waals surface area contributed by atoms with E-state index in [1.807, 2.05) is 25.4 Å². The number of hydrogen-bond acceptors (Lipinski definition) is 4. The van der Waals surface area contributed by atoms with Crippen molar-refractivity contribution in [3.63, 3.8) is 0 Å². The minimum absolute atomic E-state index is 0. The molecular weight excluding hydrogens is 443 g/mol. The van der Waals surface area contributed by atoms with Crippen molar-refractivity contribution in [3.8, 4) is 5.88 Å². The summed E-state index contributed by atoms with van der Waals surface area (Å²) in [7, 11) is 3.90. The summed E-state index contributed by atoms with van der Waals surface area (Å²) in [5.74, 6) is 2.23. The highest BCUT2D eigenvalue weighted by molar-refractivity contribution is 14.0. The lowest BCUT2D eigenvalue weighted by Gasteiger charge is -2.24. The lowest BCUT2D eigenvalue weighted by Crippen LogP contribution is -2.41. The second kappa shape index (κ2) is 10.9. The molecule has 1 aromatic rings. The topological polar surface area (TPSA) is 59.0 Å². The lowest BCUT2D eigenvalue weighted by molar-refractivity contribution is 0.181. The molecule has 6 nitrogen and oxygen atoms in total. The van der Waals surface area contributed by atoms with Gasteiger partial charge in [-0.25, -0.2) is 4.98 Å². The fourth-order valence-corrected chi connectivity index (χ4v) is 3.57. The third-order valence-electron chi connectivity index (χ3n) is 4.97. The zero-order valence-corrected chi connectivity index (χ0v) is 18.1. The molecule has 2 heterocycles. The maximum Gasteiger partial charge on any atom is 0.213 e. The molecule has 1 atom stereocenters. The van der Waals surface area contributed by atoms with Crippen molar-refractivity contribution in [1.29, 1.82) is 0 Å². The van der Waals surface area contributed by atoms with E-state index in [2.05, 4.69) is 27.2 Å². The molecule has 0 aromatic carbocycles. The number of rotatable bonds is 6. The molecule has 7 heteroatoms. The number of pyridine rings is 1. The summed E-state index contributed by atoms with van der Waals surface area (Å²) >= 11 is 0. The lowest BCUT2D eigenvalue weighted by atomic mass is 10.1. The number of halogens is 1. The monoisotopic (exact) mass is 474 g/mol. The van der Waals surface area contributed by atoms with Crippen molar-refractivity contribution in [2.24, 2.45) is 10.9 Å². The minimum Gasteiger partial charge on any atom is -0.474 e. The Morgan fingerprint density at radius 3 is 2.88 bits per heavy atom. The Morgan fingerprint density at radius 1 is 1.38 bits per heavy atom. The zero-order valence-electron chi connectivity index (χ0n) is 15.8. The van der Waals surface area contributed by atoms with Crippen LogP contribution in [0.15, 0.2) is 23.3 Å². The molecule has 1 N–H and O–H groups in total. The molecule has 1 saturated carbocycles. The molecule has 26 heavy (non-hydrogen) atoms. The van der Waals surface area contributed by atoms with Crippen LogP contribution in [0.1, 0.15) is 37.7 Å². The van der Waals surface area contributed by atoms with Gasteiger partial charge in [0, 0.05) is 52.0 Å². The molecule has 2 fully saturated rings. The normalized spacial score (nSPS) is 20.7. The van der Waals surface area contributed by atoms with Gasteiger partial charge in [-0.1, -0.05) is 0 Å². The van der Waals surface area contributed by atoms with Crippen LogP contribution in [0.25, 0.3) is 0 Å². The van der Waals surface area contributed by atoms with Crippen LogP contribution in [-0.2, 0) is 11.3 Å². The van der Waals surface area contributed by atoms with Gasteiger partial charge < -0.3 is 19.7 Å². The number of ether oxygens (including phenoxy) is 2. The van der Waals surface area contributed by atoms with Gasteiger partial charge in [0.15, 0.2) is 5.96 Å². The van der Waals surface area contributed by atoms with Gasteiger partial charge in [0.05, 0.1) is 6.61 Å². The van der Waals surface area contributed by atoms with Crippen LogP contribution in [0.3, 0.4) is 0 Å². The summed E-state index contributed by atoms with van der Waals surface area (Å²) in [5, 5.41) is 3.43. The first-order chi connectivity index (χ1) is 12.2. The summed E-state index contributed by atoms with van der Waals surface area (Å²) in [6, 6.07) is 4.05. The van der Waals surface area contributed by atoms with Gasteiger partial charge in [0.25, 0.3) is 0 Å². The third-order valence-corrected chi connectivity index (χ3v) is 4.97. The summed E-state index contributed by atoms with van der Waals surface area (Å²) in [6.07, 6.45) is 8.11. The fraction of sp³-hybridized carbons (Fsp3) is 0.684. The van der Waals surface area contributed by atoms with Crippen molar-refractivity contribution in [2.45, 2.75) is 44.8 Å². The van der Waals surface area contributed by atoms with Crippen molar-refractivity contribution in [3.05, 3.63) is 23.9 Å². The van der Waals surface area contributed by atoms with Gasteiger partial charge in [-0.3, -0.25) is 4.99 Å². The van der Waals surface area contributed by atoms with Gasteiger partial charge in [0.1, 0.15) is 6.10 Å². The molecule has 0 amide bonds. The smallest absolute Gasteiger partial charge is 0.213 e. The molecule has 1 unspecified atom stereocenters. The van der Waals surface area contributed by atoms with Crippen molar-refractivity contribution in [2.75, 3.05) is 33.9 Å². The van der Waals surface area contributed by atoms with Crippen molar-refractivity contribution < 1.29 is 9.47 Å². The molecule has 3 rings (SSSR count). The molecule has 0 bridgehead atoms. The number of aliphatic imine (C=N–C) groups is 1. The number of nitrogens with zero attached hydrogens (tertiary/aromatic N) is 3. The van der Waals surface area contributed by atoms with E-state index in [1.54, 1.807) is 0 Å². The second-order valence-corrected chi connectivity index (χ2v) is 7.04. The summed E-state index contributed by atoms with van der Waals surface area (Å²) < 4.78 is 11.5. The predicted molar refractivity (Wildman–Crippen MR) is 114 cm³/mol. The van der Waals surface area contributed by atoms with Gasteiger partial charge in [-0.05, 0) is 43.7 Å². The van der Waals surface area contributed by atoms with E-state index in [0.717, 1.165) is 56.4 Å². The largest absolute Gasteiger partial charge is 0.474 e. The maximum absolute atomic E-state index is 5.99. The van der Waals surface area contributed by atoms with Crippen LogP contribution in [-0.4, -0.2) is 55.8 Å². The molecule has 0 spiro atoms. The highest BCUT2D eigenvalue weighted by Gasteiger charge is 2.19. The molecule has 146 valence electrons. The van der Waals surface area contributed by atoms with Gasteiger partial charge in [-0.15, -0.1) is 24.0 Å². The molecule has 2 aliphatic rings. The number of nitrogens with one attached hydrogen (secondary N) is 1. The van der Waals surface area contributed by atoms with E-state index in [9.17, 15) is 0 Å². The number of aromatic nitrogens is 1. The van der Waals surface area contributed by atoms with E-state index in [-0.39, 0.29) is 24.0 Å². The van der Waals surface area contributed by atoms with Crippen molar-refractivity contribution >= 4 is 29.9 Å². The van der Waals surface area contributed by atoms with E-state index in [4.69, 9.17) is 9.47 Å². The van der Waals surface area contributed by atoms with E-state index in [0.29, 0.717) is 18.6 Å². The number of guanidine groups is 1. The van der Waals surface area contributed by atoms with Crippen LogP contribution in [0.2, 0.25) is 0 Å². The summed E-state index contributed by atoms with van der Waals surface area (Å²) in [5.41, 5.74) is 1.15. The van der Waals surface area contributed by atoms with Gasteiger partial charge >= 0.3 is 0 Å². The minimum atomic E-state index is 0. The average molecular weight is 474 g/mol. The Balaban J connectivity index is 0.00000243. The summed E-state index contributed by atoms with van der Waals surface area (Å²) in [6.45, 7) is 3.41. The Labute approximate surface area is 173 Å². The Morgan fingerprint density at radius 2 is 2.19 bits per heavy atom. The van der Waals surface area contributed by atoms with Crippen molar-refractivity contribution in [1.82, 2.24) is 15.2 Å². The van der Waals surface area contributed by atoms with Crippen LogP contribution < -0.4 is 10.1 Å². The van der Waals surface area contributed by atoms with Crippen LogP contribution in [0.5, 0.6) is 5.88 Å². The van der Waals surface area contributed by atoms with E-state index < -0.39 is 0 Å². The molecule has 1 saturated heterocycles. The first-order valence-electron chi connectivity index (χ1n) is 9.35. The van der Waals surface area contributed by atoms with Gasteiger partial charge in [0.2, 0.25) is 5.88 Å². The van der Waals surface area contributed by atoms with Crippen LogP contribution in [0, 0.1) is 5.92 Å². The van der Waals surface area contributed by atoms with E-state index in [1.165, 1.54) is 12.8 Å². The standard InChI is InChI=1S/C19H30N4O2.HI/c1-20-19(23(2)13-16-8-10-24-14-16)22-12-15-7-9-21-18(11-15)25-17-5-3-4-6-17;/h7,9,11,16-17H,3-6,8,10,12-14H2,1-2H3,(H,20,22);1H. The third kappa shape index (κ3) is 6.26. The molecular formula is C19H31IN4O2. The first-order valence-corrected chi connectivity index (χ1v) is 9.35. The zero-order chi connectivity index (χ0) is 17.5. The summed E-state index contributed by atoms with van der Waals surface area (Å²) in [4.78, 5) is 10.9. The number of hydrogen-bond donors (Lipinski definition) is 1. The quantitative estimate of drug-likeness (QED) is 0.390. The fourth-order valence-electron chi connectivity index (χ4n) is 3.57. The molecule has 1 aromatic heterocycles. The Hall–Kier alpha value is -1.09. The predicted octanol–water partition coefficient (Wildman–Crippen LogP) is 3.06. The van der Waals surface area contributed by atoms with Crippen LogP contribution in [0.4, 0.5) is 0 Å². The first kappa shape index (κ1) is 21.2. The maximum atomic E-state index is 5.99. The van der Waals surface area contributed by atoms with E-state index >= 15 is 0 Å². The van der Waals surface area contributed by atoms with Crippen LogP contribution >= 0.6 is 24.0 Å².